The second-order valence-corrected chi connectivity index (χ2v) is 4.29. The van der Waals surface area contributed by atoms with Crippen LogP contribution in [0.2, 0.25) is 0 Å². The van der Waals surface area contributed by atoms with Crippen LogP contribution >= 0.6 is 0 Å². The molecule has 0 aliphatic carbocycles. The van der Waals surface area contributed by atoms with Gasteiger partial charge in [0.15, 0.2) is 0 Å². The van der Waals surface area contributed by atoms with Gasteiger partial charge >= 0.3 is 0 Å². The molecule has 2 atom stereocenters. The highest BCUT2D eigenvalue weighted by Gasteiger charge is 2.34. The number of nitrogens with two attached hydrogens (primary N) is 1. The normalized spacial score (nSPS) is 24.3. The zero-order chi connectivity index (χ0) is 11.1. The fourth-order valence-corrected chi connectivity index (χ4v) is 1.96. The molecule has 1 fully saturated rings. The van der Waals surface area contributed by atoms with E-state index in [1.807, 2.05) is 6.92 Å². The van der Waals surface area contributed by atoms with Crippen molar-refractivity contribution in [2.24, 2.45) is 11.7 Å². The summed E-state index contributed by atoms with van der Waals surface area (Å²) in [7, 11) is 0. The molecule has 0 bridgehead atoms. The molecule has 0 aromatic heterocycles. The van der Waals surface area contributed by atoms with Gasteiger partial charge in [-0.25, -0.2) is 0 Å². The lowest BCUT2D eigenvalue weighted by atomic mass is 9.85. The maximum atomic E-state index is 5.85. The Morgan fingerprint density at radius 1 is 1.60 bits per heavy atom. The van der Waals surface area contributed by atoms with E-state index in [1.165, 1.54) is 0 Å². The van der Waals surface area contributed by atoms with Crippen molar-refractivity contribution >= 4 is 0 Å². The van der Waals surface area contributed by atoms with Crippen LogP contribution in [-0.4, -0.2) is 31.8 Å². The fourth-order valence-electron chi connectivity index (χ4n) is 1.96. The Morgan fingerprint density at radius 3 is 2.93 bits per heavy atom. The van der Waals surface area contributed by atoms with Crippen molar-refractivity contribution in [3.05, 3.63) is 0 Å². The Hall–Kier alpha value is -0.560. The van der Waals surface area contributed by atoms with Crippen LogP contribution in [0.1, 0.15) is 26.7 Å². The standard InChI is InChI=1S/C12H22N2O/c1-3-4-5-7-14-12(2,10-13)11-6-8-15-9-11/h11,14H,5-10,13H2,1-2H3. The lowest BCUT2D eigenvalue weighted by molar-refractivity contribution is 0.155. The quantitative estimate of drug-likeness (QED) is 0.520. The first-order chi connectivity index (χ1) is 7.23. The second kappa shape index (κ2) is 6.12. The average molecular weight is 210 g/mol. The summed E-state index contributed by atoms with van der Waals surface area (Å²) in [5.41, 5.74) is 5.85. The maximum Gasteiger partial charge on any atom is 0.0513 e. The van der Waals surface area contributed by atoms with Crippen LogP contribution in [0.15, 0.2) is 0 Å². The highest BCUT2D eigenvalue weighted by Crippen LogP contribution is 2.24. The summed E-state index contributed by atoms with van der Waals surface area (Å²) in [6.07, 6.45) is 2.00. The zero-order valence-electron chi connectivity index (χ0n) is 9.81. The number of rotatable bonds is 5. The summed E-state index contributed by atoms with van der Waals surface area (Å²) in [6, 6.07) is 0. The van der Waals surface area contributed by atoms with E-state index in [4.69, 9.17) is 10.5 Å². The number of nitrogens with one attached hydrogen (secondary N) is 1. The Balaban J connectivity index is 2.39. The van der Waals surface area contributed by atoms with Crippen molar-refractivity contribution in [1.29, 1.82) is 0 Å². The van der Waals surface area contributed by atoms with Crippen LogP contribution in [0.3, 0.4) is 0 Å². The molecule has 0 aromatic rings. The molecule has 0 aromatic carbocycles. The van der Waals surface area contributed by atoms with Crippen molar-refractivity contribution < 1.29 is 4.74 Å². The fraction of sp³-hybridized carbons (Fsp3) is 0.833. The molecule has 0 amide bonds. The molecule has 1 heterocycles. The molecular weight excluding hydrogens is 188 g/mol. The minimum absolute atomic E-state index is 0.00587. The molecule has 2 unspecified atom stereocenters. The highest BCUT2D eigenvalue weighted by atomic mass is 16.5. The molecule has 0 radical (unpaired) electrons. The third kappa shape index (κ3) is 3.49. The van der Waals surface area contributed by atoms with E-state index in [0.717, 1.165) is 32.6 Å². The van der Waals surface area contributed by atoms with Crippen molar-refractivity contribution in [1.82, 2.24) is 5.32 Å². The van der Waals surface area contributed by atoms with Crippen LogP contribution in [0, 0.1) is 17.8 Å². The molecule has 3 nitrogen and oxygen atoms in total. The molecule has 86 valence electrons. The van der Waals surface area contributed by atoms with Crippen LogP contribution in [0.25, 0.3) is 0 Å². The van der Waals surface area contributed by atoms with Crippen molar-refractivity contribution in [3.8, 4) is 11.8 Å². The third-order valence-electron chi connectivity index (χ3n) is 3.21. The summed E-state index contributed by atoms with van der Waals surface area (Å²) < 4.78 is 5.41. The average Bonchev–Trinajstić information content (AvgIpc) is 2.78. The van der Waals surface area contributed by atoms with Gasteiger partial charge in [0.05, 0.1) is 6.61 Å². The topological polar surface area (TPSA) is 47.3 Å². The first kappa shape index (κ1) is 12.5. The van der Waals surface area contributed by atoms with E-state index in [9.17, 15) is 0 Å². The molecule has 3 heteroatoms. The van der Waals surface area contributed by atoms with Crippen molar-refractivity contribution in [2.75, 3.05) is 26.3 Å². The predicted octanol–water partition coefficient (Wildman–Crippen LogP) is 0.743. The predicted molar refractivity (Wildman–Crippen MR) is 62.5 cm³/mol. The molecule has 1 rings (SSSR count). The number of ether oxygens (including phenoxy) is 1. The SMILES string of the molecule is CC#CCCNC(C)(CN)C1CCOC1. The first-order valence-corrected chi connectivity index (χ1v) is 5.65. The molecule has 15 heavy (non-hydrogen) atoms. The van der Waals surface area contributed by atoms with Gasteiger partial charge in [0.1, 0.15) is 0 Å². The third-order valence-corrected chi connectivity index (χ3v) is 3.21. The molecule has 3 N–H and O–H groups in total. The summed E-state index contributed by atoms with van der Waals surface area (Å²) >= 11 is 0. The Kier molecular flexibility index (Phi) is 5.10. The van der Waals surface area contributed by atoms with Crippen LogP contribution in [0.4, 0.5) is 0 Å². The minimum atomic E-state index is 0.00587. The van der Waals surface area contributed by atoms with E-state index in [0.29, 0.717) is 12.5 Å². The lowest BCUT2D eigenvalue weighted by Gasteiger charge is -2.34. The van der Waals surface area contributed by atoms with Gasteiger partial charge in [0.2, 0.25) is 0 Å². The van der Waals surface area contributed by atoms with Gasteiger partial charge in [-0.05, 0) is 20.3 Å². The van der Waals surface area contributed by atoms with Crippen LogP contribution < -0.4 is 11.1 Å². The summed E-state index contributed by atoms with van der Waals surface area (Å²) in [4.78, 5) is 0. The Morgan fingerprint density at radius 2 is 2.40 bits per heavy atom. The van der Waals surface area contributed by atoms with E-state index in [1.54, 1.807) is 0 Å². The van der Waals surface area contributed by atoms with Gasteiger partial charge in [-0.1, -0.05) is 0 Å². The van der Waals surface area contributed by atoms with Gasteiger partial charge in [0.25, 0.3) is 0 Å². The van der Waals surface area contributed by atoms with Crippen molar-refractivity contribution in [3.63, 3.8) is 0 Å². The second-order valence-electron chi connectivity index (χ2n) is 4.29. The van der Waals surface area contributed by atoms with Crippen molar-refractivity contribution in [2.45, 2.75) is 32.2 Å². The summed E-state index contributed by atoms with van der Waals surface area (Å²) in [6.45, 7) is 7.32. The summed E-state index contributed by atoms with van der Waals surface area (Å²) in [5.74, 6) is 6.49. The zero-order valence-corrected chi connectivity index (χ0v) is 9.81. The van der Waals surface area contributed by atoms with Gasteiger partial charge in [-0.3, -0.25) is 0 Å². The van der Waals surface area contributed by atoms with E-state index in [2.05, 4.69) is 24.1 Å². The smallest absolute Gasteiger partial charge is 0.0513 e. The number of hydrogen-bond donors (Lipinski definition) is 2. The summed E-state index contributed by atoms with van der Waals surface area (Å²) in [5, 5.41) is 3.52. The monoisotopic (exact) mass is 210 g/mol. The lowest BCUT2D eigenvalue weighted by Crippen LogP contribution is -2.54. The van der Waals surface area contributed by atoms with Gasteiger partial charge in [0, 0.05) is 37.6 Å². The van der Waals surface area contributed by atoms with E-state index >= 15 is 0 Å². The Labute approximate surface area is 92.8 Å². The molecule has 0 spiro atoms. The molecule has 1 aliphatic heterocycles. The minimum Gasteiger partial charge on any atom is -0.381 e. The maximum absolute atomic E-state index is 5.85. The van der Waals surface area contributed by atoms with Crippen LogP contribution in [-0.2, 0) is 4.74 Å². The van der Waals surface area contributed by atoms with Gasteiger partial charge < -0.3 is 15.8 Å². The molecule has 1 saturated heterocycles. The molecule has 1 aliphatic rings. The van der Waals surface area contributed by atoms with Gasteiger partial charge in [-0.2, -0.15) is 0 Å². The first-order valence-electron chi connectivity index (χ1n) is 5.65. The van der Waals surface area contributed by atoms with E-state index < -0.39 is 0 Å². The Bertz CT molecular complexity index is 238. The van der Waals surface area contributed by atoms with E-state index in [-0.39, 0.29) is 5.54 Å². The largest absolute Gasteiger partial charge is 0.381 e. The molecular formula is C12H22N2O. The van der Waals surface area contributed by atoms with Crippen LogP contribution in [0.5, 0.6) is 0 Å². The van der Waals surface area contributed by atoms with Gasteiger partial charge in [-0.15, -0.1) is 11.8 Å². The highest BCUT2D eigenvalue weighted by molar-refractivity contribution is 4.98. The molecule has 0 saturated carbocycles. The number of hydrogen-bond acceptors (Lipinski definition) is 3.